The van der Waals surface area contributed by atoms with Crippen molar-refractivity contribution in [3.8, 4) is 0 Å². The fraction of sp³-hybridized carbons (Fsp3) is 0.458. The van der Waals surface area contributed by atoms with E-state index in [0.717, 1.165) is 4.90 Å². The van der Waals surface area contributed by atoms with Gasteiger partial charge in [-0.25, -0.2) is 9.79 Å². The molecule has 4 aliphatic heterocycles. The van der Waals surface area contributed by atoms with Crippen molar-refractivity contribution in [3.63, 3.8) is 0 Å². The number of hydrogen-bond acceptors (Lipinski definition) is 11. The number of carbonyl (C=O) groups is 4. The van der Waals surface area contributed by atoms with Crippen LogP contribution >= 0.6 is 58.0 Å². The average Bonchev–Trinajstić information content (AvgIpc) is 3.51. The van der Waals surface area contributed by atoms with Crippen LogP contribution in [0.15, 0.2) is 35.6 Å². The predicted molar refractivity (Wildman–Crippen MR) is 155 cm³/mol. The number of likely N-dealkylation sites (tertiary alicyclic amines) is 1. The molecule has 0 saturated carbocycles. The van der Waals surface area contributed by atoms with E-state index in [1.165, 1.54) is 23.1 Å². The molecule has 1 spiro atoms. The van der Waals surface area contributed by atoms with Crippen LogP contribution in [0.5, 0.6) is 0 Å². The molecule has 6 N–H and O–H groups in total. The quantitative estimate of drug-likeness (QED) is 0.146. The summed E-state index contributed by atoms with van der Waals surface area (Å²) in [5.41, 5.74) is -1.99. The van der Waals surface area contributed by atoms with E-state index in [2.05, 4.69) is 32.8 Å². The third-order valence-corrected chi connectivity index (χ3v) is 8.64. The molecule has 4 atom stereocenters. The van der Waals surface area contributed by atoms with Gasteiger partial charge in [0.1, 0.15) is 12.6 Å². The van der Waals surface area contributed by atoms with Crippen LogP contribution in [0.1, 0.15) is 23.2 Å². The summed E-state index contributed by atoms with van der Waals surface area (Å²) in [5.74, 6) is -4.59. The van der Waals surface area contributed by atoms with Gasteiger partial charge in [-0.3, -0.25) is 24.6 Å². The highest BCUT2D eigenvalue weighted by atomic mass is 35.6. The molecule has 0 aliphatic carbocycles. The first-order valence-corrected chi connectivity index (χ1v) is 14.6. The molecule has 4 heterocycles. The standard InChI is InChI=1S/C24H24Cl5N7O7/c1-10-30-18-13(7-35-15(37)5-6-16(35)38)31-20(33-21(40)43-9-22(27,28)29)36-8-14(24(41,42)23(18,36)34-10)32-19(39)11-3-2-4-12(25)17(11)26/h2-4,13-14,18,30,34,41-42H,1,5-9H2,(H,32,39)(H,31,33,40)/t13-,14?,18?,23?/m0/s1. The molecule has 3 fully saturated rings. The van der Waals surface area contributed by atoms with Crippen LogP contribution in [0.4, 0.5) is 4.79 Å². The zero-order valence-corrected chi connectivity index (χ0v) is 25.7. The van der Waals surface area contributed by atoms with Crippen LogP contribution in [-0.4, -0.2) is 103 Å². The summed E-state index contributed by atoms with van der Waals surface area (Å²) in [7, 11) is 0. The van der Waals surface area contributed by atoms with Crippen LogP contribution in [-0.2, 0) is 14.3 Å². The normalized spacial score (nSPS) is 27.7. The Morgan fingerprint density at radius 2 is 1.86 bits per heavy atom. The molecule has 5 rings (SSSR count). The lowest BCUT2D eigenvalue weighted by Gasteiger charge is -2.49. The summed E-state index contributed by atoms with van der Waals surface area (Å²) < 4.78 is 3.04. The smallest absolute Gasteiger partial charge is 0.414 e. The number of amides is 4. The van der Waals surface area contributed by atoms with E-state index in [4.69, 9.17) is 62.7 Å². The number of ether oxygens (including phenoxy) is 1. The molecule has 0 aromatic heterocycles. The number of alkyl halides is 3. The van der Waals surface area contributed by atoms with Gasteiger partial charge < -0.3 is 35.8 Å². The second-order valence-electron chi connectivity index (χ2n) is 10.2. The highest BCUT2D eigenvalue weighted by Gasteiger charge is 2.74. The molecule has 1 aromatic carbocycles. The Kier molecular flexibility index (Phi) is 8.35. The van der Waals surface area contributed by atoms with Crippen molar-refractivity contribution in [2.45, 2.75) is 46.2 Å². The van der Waals surface area contributed by atoms with Gasteiger partial charge in [0, 0.05) is 19.4 Å². The minimum atomic E-state index is -2.81. The van der Waals surface area contributed by atoms with Gasteiger partial charge in [0.15, 0.2) is 5.66 Å². The van der Waals surface area contributed by atoms with Gasteiger partial charge in [-0.2, -0.15) is 0 Å². The maximum atomic E-state index is 13.2. The van der Waals surface area contributed by atoms with Crippen molar-refractivity contribution in [1.82, 2.24) is 31.1 Å². The Morgan fingerprint density at radius 1 is 1.19 bits per heavy atom. The molecule has 43 heavy (non-hydrogen) atoms. The lowest BCUT2D eigenvalue weighted by atomic mass is 9.85. The maximum absolute atomic E-state index is 13.2. The van der Waals surface area contributed by atoms with E-state index < -0.39 is 63.8 Å². The topological polar surface area (TPSA) is 185 Å². The van der Waals surface area contributed by atoms with Crippen molar-refractivity contribution in [1.29, 1.82) is 0 Å². The fourth-order valence-electron chi connectivity index (χ4n) is 5.64. The van der Waals surface area contributed by atoms with Crippen molar-refractivity contribution in [2.24, 2.45) is 4.99 Å². The summed E-state index contributed by atoms with van der Waals surface area (Å²) in [6, 6.07) is 0.805. The number of aliphatic imine (C=N–C) groups is 1. The number of guanidine groups is 1. The summed E-state index contributed by atoms with van der Waals surface area (Å²) >= 11 is 29.3. The Balaban J connectivity index is 1.52. The Hall–Kier alpha value is -2.72. The lowest BCUT2D eigenvalue weighted by molar-refractivity contribution is -0.231. The molecular weight excluding hydrogens is 676 g/mol. The van der Waals surface area contributed by atoms with Gasteiger partial charge in [0.05, 0.1) is 40.1 Å². The van der Waals surface area contributed by atoms with E-state index in [9.17, 15) is 29.4 Å². The summed E-state index contributed by atoms with van der Waals surface area (Å²) in [6.07, 6.45) is -1.10. The third-order valence-electron chi connectivity index (χ3n) is 7.49. The SMILES string of the molecule is C=C1NC2[C@H](CN3C(=O)CCC3=O)N=C(NC(=O)OCC(Cl)(Cl)Cl)N3CC(NC(=O)c4cccc(Cl)c4Cl)C(O)(O)C23N1. The van der Waals surface area contributed by atoms with E-state index in [0.29, 0.717) is 0 Å². The molecule has 4 aliphatic rings. The van der Waals surface area contributed by atoms with Gasteiger partial charge >= 0.3 is 6.09 Å². The second kappa shape index (κ2) is 11.3. The van der Waals surface area contributed by atoms with Crippen LogP contribution in [0.2, 0.25) is 10.0 Å². The maximum Gasteiger partial charge on any atom is 0.414 e. The lowest BCUT2D eigenvalue weighted by Crippen LogP contribution is -2.78. The number of nitrogens with one attached hydrogen (secondary N) is 4. The van der Waals surface area contributed by atoms with Crippen molar-refractivity contribution >= 4 is 87.8 Å². The molecule has 3 saturated heterocycles. The van der Waals surface area contributed by atoms with Gasteiger partial charge in [-0.1, -0.05) is 70.7 Å². The molecule has 19 heteroatoms. The molecule has 0 radical (unpaired) electrons. The van der Waals surface area contributed by atoms with E-state index in [1.54, 1.807) is 0 Å². The molecule has 232 valence electrons. The zero-order valence-electron chi connectivity index (χ0n) is 21.9. The van der Waals surface area contributed by atoms with Crippen molar-refractivity contribution < 1.29 is 34.1 Å². The zero-order chi connectivity index (χ0) is 31.5. The molecular formula is C24H24Cl5N7O7. The first-order chi connectivity index (χ1) is 20.0. The number of hydrogen-bond donors (Lipinski definition) is 6. The van der Waals surface area contributed by atoms with Crippen molar-refractivity contribution in [3.05, 3.63) is 46.2 Å². The van der Waals surface area contributed by atoms with Crippen LogP contribution in [0.3, 0.4) is 0 Å². The first-order valence-electron chi connectivity index (χ1n) is 12.7. The highest BCUT2D eigenvalue weighted by Crippen LogP contribution is 2.45. The number of nitrogens with zero attached hydrogens (tertiary/aromatic N) is 3. The minimum absolute atomic E-state index is 0.00809. The molecule has 0 bridgehead atoms. The average molecular weight is 700 g/mol. The first kappa shape index (κ1) is 31.7. The number of alkyl carbamates (subject to hydrolysis) is 1. The van der Waals surface area contributed by atoms with Crippen LogP contribution < -0.4 is 21.3 Å². The monoisotopic (exact) mass is 697 g/mol. The third kappa shape index (κ3) is 5.65. The minimum Gasteiger partial charge on any atom is -0.445 e. The van der Waals surface area contributed by atoms with Gasteiger partial charge in [-0.15, -0.1) is 0 Å². The fourth-order valence-corrected chi connectivity index (χ4v) is 6.19. The Morgan fingerprint density at radius 3 is 2.51 bits per heavy atom. The van der Waals surface area contributed by atoms with Crippen LogP contribution in [0, 0.1) is 0 Å². The number of imide groups is 1. The molecule has 4 amide bonds. The number of benzene rings is 1. The number of rotatable bonds is 5. The molecule has 1 aromatic rings. The number of halogens is 5. The Labute approximate surface area is 269 Å². The van der Waals surface area contributed by atoms with E-state index in [-0.39, 0.29) is 53.3 Å². The van der Waals surface area contributed by atoms with E-state index in [1.807, 2.05) is 0 Å². The summed E-state index contributed by atoms with van der Waals surface area (Å²) in [6.45, 7) is 2.59. The summed E-state index contributed by atoms with van der Waals surface area (Å²) in [5, 5.41) is 34.5. The largest absolute Gasteiger partial charge is 0.445 e. The van der Waals surface area contributed by atoms with Crippen LogP contribution in [0.25, 0.3) is 0 Å². The second-order valence-corrected chi connectivity index (χ2v) is 13.5. The Bertz CT molecular complexity index is 1420. The van der Waals surface area contributed by atoms with Gasteiger partial charge in [0.2, 0.25) is 27.4 Å². The predicted octanol–water partition coefficient (Wildman–Crippen LogP) is 0.801. The summed E-state index contributed by atoms with van der Waals surface area (Å²) in [4.78, 5) is 57.7. The highest BCUT2D eigenvalue weighted by molar-refractivity contribution is 6.67. The van der Waals surface area contributed by atoms with Gasteiger partial charge in [-0.05, 0) is 12.1 Å². The van der Waals surface area contributed by atoms with E-state index >= 15 is 0 Å². The number of aliphatic hydroxyl groups is 2. The molecule has 3 unspecified atom stereocenters. The number of carbonyl (C=O) groups excluding carboxylic acids is 4. The molecule has 14 nitrogen and oxygen atoms in total. The van der Waals surface area contributed by atoms with Gasteiger partial charge in [0.25, 0.3) is 5.91 Å². The van der Waals surface area contributed by atoms with Crippen molar-refractivity contribution in [2.75, 3.05) is 19.7 Å².